The fraction of sp³-hybridized carbons (Fsp3) is 0.409. The molecule has 0 fully saturated rings. The van der Waals surface area contributed by atoms with Crippen LogP contribution in [0, 0.1) is 13.8 Å². The molecule has 0 aliphatic rings. The Labute approximate surface area is 173 Å². The first-order valence-electron chi connectivity index (χ1n) is 9.69. The van der Waals surface area contributed by atoms with Crippen LogP contribution in [0.1, 0.15) is 39.7 Å². The second kappa shape index (κ2) is 10.5. The lowest BCUT2D eigenvalue weighted by Gasteiger charge is -2.15. The van der Waals surface area contributed by atoms with Crippen LogP contribution in [0.15, 0.2) is 35.5 Å². The standard InChI is InChI=1S/C22H31N5O2/c1-7-23-22(26-14-19-16(3)20(29-6)15(2)12-24-19)25-13-17-8-10-18(11-9-17)21(28)27(4)5/h8-12H,7,13-14H2,1-6H3,(H2,23,25,26). The van der Waals surface area contributed by atoms with Crippen molar-refractivity contribution in [3.05, 3.63) is 58.4 Å². The van der Waals surface area contributed by atoms with Crippen molar-refractivity contribution in [3.8, 4) is 5.75 Å². The second-order valence-corrected chi connectivity index (χ2v) is 6.99. The molecule has 2 aromatic rings. The van der Waals surface area contributed by atoms with Crippen molar-refractivity contribution in [3.63, 3.8) is 0 Å². The van der Waals surface area contributed by atoms with Crippen molar-refractivity contribution >= 4 is 11.9 Å². The van der Waals surface area contributed by atoms with E-state index < -0.39 is 0 Å². The molecule has 1 aromatic heterocycles. The molecule has 7 heteroatoms. The number of aliphatic imine (C=N–C) groups is 1. The van der Waals surface area contributed by atoms with E-state index in [1.807, 2.05) is 51.2 Å². The Morgan fingerprint density at radius 1 is 1.17 bits per heavy atom. The number of nitrogens with one attached hydrogen (secondary N) is 2. The largest absolute Gasteiger partial charge is 0.496 e. The molecule has 0 radical (unpaired) electrons. The Morgan fingerprint density at radius 2 is 1.86 bits per heavy atom. The summed E-state index contributed by atoms with van der Waals surface area (Å²) < 4.78 is 5.48. The number of methoxy groups -OCH3 is 1. The number of benzene rings is 1. The third-order valence-corrected chi connectivity index (χ3v) is 4.54. The van der Waals surface area contributed by atoms with Crippen LogP contribution in [0.2, 0.25) is 0 Å². The van der Waals surface area contributed by atoms with Gasteiger partial charge in [-0.05, 0) is 38.5 Å². The number of hydrogen-bond donors (Lipinski definition) is 2. The fourth-order valence-corrected chi connectivity index (χ4v) is 2.94. The summed E-state index contributed by atoms with van der Waals surface area (Å²) in [6.45, 7) is 7.83. The number of amides is 1. The number of nitrogens with zero attached hydrogens (tertiary/aromatic N) is 3. The smallest absolute Gasteiger partial charge is 0.253 e. The SMILES string of the molecule is CCNC(=NCc1ccc(C(=O)N(C)C)cc1)NCc1ncc(C)c(OC)c1C. The quantitative estimate of drug-likeness (QED) is 0.555. The number of carbonyl (C=O) groups excluding carboxylic acids is 1. The maximum atomic E-state index is 12.0. The first kappa shape index (κ1) is 22.2. The summed E-state index contributed by atoms with van der Waals surface area (Å²) in [5.41, 5.74) is 4.67. The molecule has 2 N–H and O–H groups in total. The number of ether oxygens (including phenoxy) is 1. The molecule has 0 aliphatic heterocycles. The van der Waals surface area contributed by atoms with Crippen LogP contribution in [-0.4, -0.2) is 49.5 Å². The number of hydrogen-bond acceptors (Lipinski definition) is 4. The average Bonchev–Trinajstić information content (AvgIpc) is 2.71. The maximum Gasteiger partial charge on any atom is 0.253 e. The molecular formula is C22H31N5O2. The van der Waals surface area contributed by atoms with Gasteiger partial charge >= 0.3 is 0 Å². The van der Waals surface area contributed by atoms with E-state index in [2.05, 4.69) is 20.6 Å². The highest BCUT2D eigenvalue weighted by atomic mass is 16.5. The first-order chi connectivity index (χ1) is 13.9. The van der Waals surface area contributed by atoms with Crippen LogP contribution in [0.3, 0.4) is 0 Å². The van der Waals surface area contributed by atoms with E-state index in [1.165, 1.54) is 0 Å². The molecule has 7 nitrogen and oxygen atoms in total. The normalized spacial score (nSPS) is 11.2. The third kappa shape index (κ3) is 5.94. The lowest BCUT2D eigenvalue weighted by molar-refractivity contribution is 0.0827. The molecule has 0 saturated heterocycles. The number of carbonyl (C=O) groups is 1. The number of guanidine groups is 1. The van der Waals surface area contributed by atoms with Crippen LogP contribution in [0.4, 0.5) is 0 Å². The Bertz CT molecular complexity index is 860. The van der Waals surface area contributed by atoms with Gasteiger partial charge in [-0.1, -0.05) is 12.1 Å². The Hall–Kier alpha value is -3.09. The predicted octanol–water partition coefficient (Wildman–Crippen LogP) is 2.66. The van der Waals surface area contributed by atoms with E-state index in [0.717, 1.165) is 34.7 Å². The molecule has 0 unspecified atom stereocenters. The second-order valence-electron chi connectivity index (χ2n) is 6.99. The van der Waals surface area contributed by atoms with Crippen LogP contribution >= 0.6 is 0 Å². The minimum absolute atomic E-state index is 0.00791. The molecule has 2 rings (SSSR count). The van der Waals surface area contributed by atoms with Crippen molar-refractivity contribution in [2.75, 3.05) is 27.7 Å². The van der Waals surface area contributed by atoms with Gasteiger partial charge in [-0.3, -0.25) is 9.78 Å². The zero-order valence-electron chi connectivity index (χ0n) is 18.2. The van der Waals surface area contributed by atoms with Crippen molar-refractivity contribution in [1.82, 2.24) is 20.5 Å². The van der Waals surface area contributed by atoms with Crippen LogP contribution in [0.25, 0.3) is 0 Å². The minimum atomic E-state index is -0.00791. The van der Waals surface area contributed by atoms with E-state index in [9.17, 15) is 4.79 Å². The molecular weight excluding hydrogens is 366 g/mol. The van der Waals surface area contributed by atoms with Gasteiger partial charge in [0.1, 0.15) is 5.75 Å². The van der Waals surface area contributed by atoms with Crippen molar-refractivity contribution in [2.24, 2.45) is 4.99 Å². The van der Waals surface area contributed by atoms with Crippen LogP contribution in [0.5, 0.6) is 5.75 Å². The van der Waals surface area contributed by atoms with Gasteiger partial charge in [-0.2, -0.15) is 0 Å². The number of pyridine rings is 1. The summed E-state index contributed by atoms with van der Waals surface area (Å²) in [6, 6.07) is 7.53. The molecule has 156 valence electrons. The summed E-state index contributed by atoms with van der Waals surface area (Å²) >= 11 is 0. The fourth-order valence-electron chi connectivity index (χ4n) is 2.94. The molecule has 1 amide bonds. The van der Waals surface area contributed by atoms with Crippen LogP contribution < -0.4 is 15.4 Å². The molecule has 0 saturated carbocycles. The molecule has 0 atom stereocenters. The first-order valence-corrected chi connectivity index (χ1v) is 9.69. The van der Waals surface area contributed by atoms with E-state index >= 15 is 0 Å². The van der Waals surface area contributed by atoms with Crippen molar-refractivity contribution in [1.29, 1.82) is 0 Å². The minimum Gasteiger partial charge on any atom is -0.496 e. The molecule has 1 heterocycles. The van der Waals surface area contributed by atoms with E-state index in [1.54, 1.807) is 26.1 Å². The zero-order chi connectivity index (χ0) is 21.4. The Balaban J connectivity index is 2.06. The molecule has 1 aromatic carbocycles. The van der Waals surface area contributed by atoms with E-state index in [4.69, 9.17) is 4.74 Å². The third-order valence-electron chi connectivity index (χ3n) is 4.54. The zero-order valence-corrected chi connectivity index (χ0v) is 18.2. The number of aryl methyl sites for hydroxylation is 1. The Kier molecular flexibility index (Phi) is 8.00. The highest BCUT2D eigenvalue weighted by molar-refractivity contribution is 5.93. The number of aromatic nitrogens is 1. The predicted molar refractivity (Wildman–Crippen MR) is 116 cm³/mol. The monoisotopic (exact) mass is 397 g/mol. The van der Waals surface area contributed by atoms with Gasteiger partial charge in [-0.15, -0.1) is 0 Å². The summed E-state index contributed by atoms with van der Waals surface area (Å²) in [7, 11) is 5.17. The average molecular weight is 398 g/mol. The highest BCUT2D eigenvalue weighted by Crippen LogP contribution is 2.23. The summed E-state index contributed by atoms with van der Waals surface area (Å²) in [5.74, 6) is 1.57. The van der Waals surface area contributed by atoms with E-state index in [0.29, 0.717) is 24.6 Å². The summed E-state index contributed by atoms with van der Waals surface area (Å²) in [4.78, 5) is 22.7. The highest BCUT2D eigenvalue weighted by Gasteiger charge is 2.10. The van der Waals surface area contributed by atoms with Gasteiger partial charge < -0.3 is 20.3 Å². The van der Waals surface area contributed by atoms with E-state index in [-0.39, 0.29) is 5.91 Å². The molecule has 29 heavy (non-hydrogen) atoms. The summed E-state index contributed by atoms with van der Waals surface area (Å²) in [6.07, 6.45) is 1.82. The molecule has 0 bridgehead atoms. The molecule has 0 aliphatic carbocycles. The van der Waals surface area contributed by atoms with Gasteiger partial charge in [0.25, 0.3) is 5.91 Å². The van der Waals surface area contributed by atoms with Crippen molar-refractivity contribution in [2.45, 2.75) is 33.9 Å². The topological polar surface area (TPSA) is 78.9 Å². The van der Waals surface area contributed by atoms with Gasteiger partial charge in [0.2, 0.25) is 0 Å². The lowest BCUT2D eigenvalue weighted by Crippen LogP contribution is -2.37. The van der Waals surface area contributed by atoms with Gasteiger partial charge in [0.15, 0.2) is 5.96 Å². The van der Waals surface area contributed by atoms with Crippen LogP contribution in [-0.2, 0) is 13.1 Å². The van der Waals surface area contributed by atoms with Crippen molar-refractivity contribution < 1.29 is 9.53 Å². The lowest BCUT2D eigenvalue weighted by atomic mass is 10.1. The Morgan fingerprint density at radius 3 is 2.45 bits per heavy atom. The van der Waals surface area contributed by atoms with Gasteiger partial charge in [-0.25, -0.2) is 4.99 Å². The van der Waals surface area contributed by atoms with Gasteiger partial charge in [0.05, 0.1) is 25.9 Å². The maximum absolute atomic E-state index is 12.0. The number of rotatable bonds is 7. The summed E-state index contributed by atoms with van der Waals surface area (Å²) in [5, 5.41) is 6.57. The molecule has 0 spiro atoms. The van der Waals surface area contributed by atoms with Gasteiger partial charge in [0, 0.05) is 43.5 Å².